The Hall–Kier alpha value is -1.28. The van der Waals surface area contributed by atoms with Crippen molar-refractivity contribution >= 4 is 35.3 Å². The van der Waals surface area contributed by atoms with E-state index in [-0.39, 0.29) is 0 Å². The van der Waals surface area contributed by atoms with Crippen LogP contribution in [0.15, 0.2) is 29.2 Å². The van der Waals surface area contributed by atoms with Gasteiger partial charge in [0, 0.05) is 23.0 Å². The number of thioether (sulfide) groups is 1. The first-order valence-corrected chi connectivity index (χ1v) is 9.00. The number of carboxylic acids is 2. The molecule has 0 radical (unpaired) electrons. The number of benzene rings is 1. The molecule has 1 heterocycles. The van der Waals surface area contributed by atoms with Crippen molar-refractivity contribution in [3.8, 4) is 0 Å². The number of carboxylic acid groups (broad SMARTS) is 2. The lowest BCUT2D eigenvalue weighted by Crippen LogP contribution is -2.36. The number of morpholine rings is 1. The molecule has 0 aromatic heterocycles. The molecule has 1 aliphatic rings. The van der Waals surface area contributed by atoms with Gasteiger partial charge in [-0.05, 0) is 49.4 Å². The smallest absolute Gasteiger partial charge is 0.414 e. The lowest BCUT2D eigenvalue weighted by Gasteiger charge is -2.26. The molecule has 1 aromatic carbocycles. The van der Waals surface area contributed by atoms with E-state index in [1.165, 1.54) is 30.0 Å². The van der Waals surface area contributed by atoms with Crippen molar-refractivity contribution in [2.45, 2.75) is 17.7 Å². The summed E-state index contributed by atoms with van der Waals surface area (Å²) in [5, 5.41) is 15.6. The predicted octanol–water partition coefficient (Wildman–Crippen LogP) is 2.70. The minimum absolute atomic E-state index is 0.812. The molecule has 2 N–H and O–H groups in total. The summed E-state index contributed by atoms with van der Waals surface area (Å²) in [6.07, 6.45) is 2.55. The zero-order valence-corrected chi connectivity index (χ0v) is 14.9. The van der Waals surface area contributed by atoms with E-state index in [0.717, 1.165) is 31.3 Å². The van der Waals surface area contributed by atoms with Gasteiger partial charge in [0.1, 0.15) is 0 Å². The molecule has 6 nitrogen and oxygen atoms in total. The Morgan fingerprint density at radius 1 is 1.08 bits per heavy atom. The third-order valence-electron chi connectivity index (χ3n) is 3.24. The van der Waals surface area contributed by atoms with Gasteiger partial charge in [-0.15, -0.1) is 11.8 Å². The Balaban J connectivity index is 0.000000413. The van der Waals surface area contributed by atoms with Gasteiger partial charge in [-0.1, -0.05) is 11.6 Å². The maximum atomic E-state index is 9.10. The first-order valence-electron chi connectivity index (χ1n) is 7.63. The Bertz CT molecular complexity index is 494. The van der Waals surface area contributed by atoms with Gasteiger partial charge in [0.25, 0.3) is 0 Å². The highest BCUT2D eigenvalue weighted by Crippen LogP contribution is 2.21. The predicted molar refractivity (Wildman–Crippen MR) is 93.9 cm³/mol. The van der Waals surface area contributed by atoms with Crippen LogP contribution in [0.2, 0.25) is 5.02 Å². The van der Waals surface area contributed by atoms with Gasteiger partial charge in [0.05, 0.1) is 13.2 Å². The molecule has 0 aliphatic carbocycles. The number of hydrogen-bond donors (Lipinski definition) is 2. The van der Waals surface area contributed by atoms with Crippen LogP contribution < -0.4 is 0 Å². The molecule has 2 rings (SSSR count). The molecule has 0 bridgehead atoms. The summed E-state index contributed by atoms with van der Waals surface area (Å²) in [6, 6.07) is 8.10. The summed E-state index contributed by atoms with van der Waals surface area (Å²) in [5.41, 5.74) is 0. The zero-order chi connectivity index (χ0) is 17.8. The van der Waals surface area contributed by atoms with Gasteiger partial charge in [0.2, 0.25) is 0 Å². The molecule has 0 amide bonds. The largest absolute Gasteiger partial charge is 0.473 e. The van der Waals surface area contributed by atoms with Crippen LogP contribution in [-0.2, 0) is 14.3 Å². The van der Waals surface area contributed by atoms with Gasteiger partial charge >= 0.3 is 11.9 Å². The maximum absolute atomic E-state index is 9.10. The van der Waals surface area contributed by atoms with Crippen molar-refractivity contribution in [1.82, 2.24) is 4.90 Å². The van der Waals surface area contributed by atoms with Crippen molar-refractivity contribution < 1.29 is 24.5 Å². The SMILES string of the molecule is Clc1ccc(SCCCCN2CCOCC2)cc1.O=C(O)C(=O)O. The molecular weight excluding hydrogens is 354 g/mol. The summed E-state index contributed by atoms with van der Waals surface area (Å²) in [5.74, 6) is -2.46. The quantitative estimate of drug-likeness (QED) is 0.449. The number of nitrogens with zero attached hydrogens (tertiary/aromatic N) is 1. The monoisotopic (exact) mass is 375 g/mol. The summed E-state index contributed by atoms with van der Waals surface area (Å²) < 4.78 is 5.34. The number of halogens is 1. The van der Waals surface area contributed by atoms with Crippen LogP contribution >= 0.6 is 23.4 Å². The number of hydrogen-bond acceptors (Lipinski definition) is 5. The average molecular weight is 376 g/mol. The summed E-state index contributed by atoms with van der Waals surface area (Å²) in [6.45, 7) is 5.22. The third-order valence-corrected chi connectivity index (χ3v) is 4.59. The van der Waals surface area contributed by atoms with Crippen molar-refractivity contribution in [3.63, 3.8) is 0 Å². The van der Waals surface area contributed by atoms with E-state index < -0.39 is 11.9 Å². The Kier molecular flexibility index (Phi) is 10.5. The number of unbranched alkanes of at least 4 members (excludes halogenated alkanes) is 1. The molecule has 1 aliphatic heterocycles. The van der Waals surface area contributed by atoms with E-state index in [4.69, 9.17) is 36.1 Å². The summed E-state index contributed by atoms with van der Waals surface area (Å²) >= 11 is 7.77. The third kappa shape index (κ3) is 9.77. The van der Waals surface area contributed by atoms with Crippen LogP contribution in [0, 0.1) is 0 Å². The molecule has 24 heavy (non-hydrogen) atoms. The molecule has 0 atom stereocenters. The van der Waals surface area contributed by atoms with E-state index in [1.807, 2.05) is 23.9 Å². The van der Waals surface area contributed by atoms with Gasteiger partial charge in [-0.2, -0.15) is 0 Å². The number of carbonyl (C=O) groups is 2. The Labute approximate surface area is 150 Å². The Morgan fingerprint density at radius 3 is 2.21 bits per heavy atom. The van der Waals surface area contributed by atoms with Crippen LogP contribution in [0.5, 0.6) is 0 Å². The highest BCUT2D eigenvalue weighted by Gasteiger charge is 2.08. The summed E-state index contributed by atoms with van der Waals surface area (Å²) in [7, 11) is 0. The number of rotatable bonds is 6. The zero-order valence-electron chi connectivity index (χ0n) is 13.3. The highest BCUT2D eigenvalue weighted by atomic mass is 35.5. The molecule has 0 unspecified atom stereocenters. The second kappa shape index (κ2) is 12.1. The van der Waals surface area contributed by atoms with E-state index >= 15 is 0 Å². The first kappa shape index (κ1) is 20.8. The lowest BCUT2D eigenvalue weighted by atomic mass is 10.3. The van der Waals surface area contributed by atoms with E-state index in [2.05, 4.69) is 17.0 Å². The van der Waals surface area contributed by atoms with Crippen LogP contribution in [-0.4, -0.2) is 65.7 Å². The fourth-order valence-electron chi connectivity index (χ4n) is 1.98. The second-order valence-electron chi connectivity index (χ2n) is 5.07. The van der Waals surface area contributed by atoms with E-state index in [9.17, 15) is 0 Å². The van der Waals surface area contributed by atoms with Crippen LogP contribution in [0.1, 0.15) is 12.8 Å². The normalized spacial score (nSPS) is 14.5. The molecule has 1 fully saturated rings. The minimum Gasteiger partial charge on any atom is -0.473 e. The van der Waals surface area contributed by atoms with Gasteiger partial charge in [-0.25, -0.2) is 9.59 Å². The number of aliphatic carboxylic acids is 2. The molecule has 8 heteroatoms. The average Bonchev–Trinajstić information content (AvgIpc) is 2.58. The first-order chi connectivity index (χ1) is 11.5. The minimum atomic E-state index is -1.82. The maximum Gasteiger partial charge on any atom is 0.414 e. The topological polar surface area (TPSA) is 87.1 Å². The molecule has 134 valence electrons. The molecule has 1 aromatic rings. The molecule has 0 spiro atoms. The standard InChI is InChI=1S/C14H20ClNOS.C2H2O4/c15-13-3-5-14(6-4-13)18-12-2-1-7-16-8-10-17-11-9-16;3-1(4)2(5)6/h3-6H,1-2,7-12H2;(H,3,4)(H,5,6). The van der Waals surface area contributed by atoms with Crippen molar-refractivity contribution in [1.29, 1.82) is 0 Å². The fourth-order valence-corrected chi connectivity index (χ4v) is 3.02. The molecule has 1 saturated heterocycles. The highest BCUT2D eigenvalue weighted by molar-refractivity contribution is 7.99. The number of ether oxygens (including phenoxy) is 1. The second-order valence-corrected chi connectivity index (χ2v) is 6.68. The summed E-state index contributed by atoms with van der Waals surface area (Å²) in [4.78, 5) is 22.0. The van der Waals surface area contributed by atoms with Crippen molar-refractivity contribution in [3.05, 3.63) is 29.3 Å². The van der Waals surface area contributed by atoms with Crippen LogP contribution in [0.3, 0.4) is 0 Å². The van der Waals surface area contributed by atoms with Crippen LogP contribution in [0.4, 0.5) is 0 Å². The fraction of sp³-hybridized carbons (Fsp3) is 0.500. The van der Waals surface area contributed by atoms with Gasteiger partial charge in [-0.3, -0.25) is 4.90 Å². The van der Waals surface area contributed by atoms with Crippen LogP contribution in [0.25, 0.3) is 0 Å². The van der Waals surface area contributed by atoms with E-state index in [0.29, 0.717) is 0 Å². The molecular formula is C16H22ClNO5S. The van der Waals surface area contributed by atoms with Gasteiger partial charge < -0.3 is 14.9 Å². The van der Waals surface area contributed by atoms with Crippen molar-refractivity contribution in [2.24, 2.45) is 0 Å². The lowest BCUT2D eigenvalue weighted by molar-refractivity contribution is -0.159. The van der Waals surface area contributed by atoms with Crippen molar-refractivity contribution in [2.75, 3.05) is 38.6 Å². The van der Waals surface area contributed by atoms with E-state index in [1.54, 1.807) is 0 Å². The van der Waals surface area contributed by atoms with Gasteiger partial charge in [0.15, 0.2) is 0 Å². The Morgan fingerprint density at radius 2 is 1.67 bits per heavy atom. The molecule has 0 saturated carbocycles.